The normalized spacial score (nSPS) is 30.3. The summed E-state index contributed by atoms with van der Waals surface area (Å²) in [5.74, 6) is -0.955. The molecule has 2 bridgehead atoms. The molecule has 136 valence electrons. The molecule has 5 nitrogen and oxygen atoms in total. The van der Waals surface area contributed by atoms with Gasteiger partial charge in [-0.05, 0) is 13.0 Å². The minimum Gasteiger partial charge on any atom is -0.459 e. The van der Waals surface area contributed by atoms with E-state index in [-0.39, 0.29) is 24.8 Å². The molecule has 3 unspecified atom stereocenters. The summed E-state index contributed by atoms with van der Waals surface area (Å²) < 4.78 is 5.76. The van der Waals surface area contributed by atoms with Crippen LogP contribution in [0.25, 0.3) is 0 Å². The van der Waals surface area contributed by atoms with Gasteiger partial charge >= 0.3 is 0 Å². The van der Waals surface area contributed by atoms with Crippen LogP contribution in [0.1, 0.15) is 41.7 Å². The number of aliphatic hydroxyl groups is 2. The Morgan fingerprint density at radius 3 is 2.62 bits per heavy atom. The van der Waals surface area contributed by atoms with Crippen molar-refractivity contribution in [2.75, 3.05) is 13.1 Å². The lowest BCUT2D eigenvalue weighted by Gasteiger charge is -2.54. The Hall–Kier alpha value is -2.21. The van der Waals surface area contributed by atoms with E-state index in [1.807, 2.05) is 48.5 Å². The van der Waals surface area contributed by atoms with Crippen molar-refractivity contribution in [3.05, 3.63) is 65.7 Å². The third-order valence-corrected chi connectivity index (χ3v) is 5.54. The minimum absolute atomic E-state index is 0.0754. The Bertz CT molecular complexity index is 820. The van der Waals surface area contributed by atoms with Gasteiger partial charge in [0.2, 0.25) is 5.79 Å². The zero-order valence-corrected chi connectivity index (χ0v) is 14.8. The Morgan fingerprint density at radius 1 is 1.15 bits per heavy atom. The van der Waals surface area contributed by atoms with Gasteiger partial charge in [-0.2, -0.15) is 0 Å². The number of piperidine rings is 1. The number of carbonyl (C=O) groups excluding carboxylic acids is 1. The molecular weight excluding hydrogens is 330 g/mol. The highest BCUT2D eigenvalue weighted by Crippen LogP contribution is 2.49. The largest absolute Gasteiger partial charge is 0.459 e. The van der Waals surface area contributed by atoms with Crippen LogP contribution >= 0.6 is 0 Å². The van der Waals surface area contributed by atoms with Gasteiger partial charge in [-0.3, -0.25) is 9.69 Å². The number of nitrogens with zero attached hydrogens (tertiary/aromatic N) is 1. The van der Waals surface area contributed by atoms with E-state index in [2.05, 4.69) is 4.90 Å². The van der Waals surface area contributed by atoms with Crippen molar-refractivity contribution in [1.29, 1.82) is 0 Å². The third-order valence-electron chi connectivity index (χ3n) is 5.54. The van der Waals surface area contributed by atoms with Gasteiger partial charge < -0.3 is 14.9 Å². The van der Waals surface area contributed by atoms with E-state index in [0.29, 0.717) is 24.3 Å². The predicted octanol–water partition coefficient (Wildman–Crippen LogP) is 2.54. The number of hydrogen-bond acceptors (Lipinski definition) is 5. The Kier molecular flexibility index (Phi) is 4.10. The van der Waals surface area contributed by atoms with Gasteiger partial charge in [0.05, 0.1) is 0 Å². The molecule has 0 saturated carbocycles. The molecule has 0 radical (unpaired) electrons. The summed E-state index contributed by atoms with van der Waals surface area (Å²) in [7, 11) is 0. The maximum atomic E-state index is 12.5. The van der Waals surface area contributed by atoms with Crippen molar-refractivity contribution in [1.82, 2.24) is 4.90 Å². The SMILES string of the molecule is CC1(O)CN(CCC(=O)c2ccccc2)C2CC1(O)Oc1ccccc12. The zero-order chi connectivity index (χ0) is 18.4. The smallest absolute Gasteiger partial charge is 0.239 e. The van der Waals surface area contributed by atoms with E-state index in [4.69, 9.17) is 4.74 Å². The lowest BCUT2D eigenvalue weighted by Crippen LogP contribution is -2.68. The van der Waals surface area contributed by atoms with Crippen LogP contribution in [-0.4, -0.2) is 45.4 Å². The molecule has 0 amide bonds. The first kappa shape index (κ1) is 17.2. The van der Waals surface area contributed by atoms with Gasteiger partial charge in [-0.25, -0.2) is 0 Å². The van der Waals surface area contributed by atoms with E-state index >= 15 is 0 Å². The summed E-state index contributed by atoms with van der Waals surface area (Å²) in [6.07, 6.45) is 0.634. The van der Waals surface area contributed by atoms with Crippen molar-refractivity contribution < 1.29 is 19.7 Å². The second kappa shape index (κ2) is 6.20. The van der Waals surface area contributed by atoms with Gasteiger partial charge in [0.15, 0.2) is 5.78 Å². The summed E-state index contributed by atoms with van der Waals surface area (Å²) in [6, 6.07) is 16.7. The monoisotopic (exact) mass is 353 g/mol. The van der Waals surface area contributed by atoms with Gasteiger partial charge in [0.25, 0.3) is 0 Å². The summed E-state index contributed by atoms with van der Waals surface area (Å²) in [4.78, 5) is 14.5. The van der Waals surface area contributed by atoms with Crippen molar-refractivity contribution in [2.45, 2.75) is 37.2 Å². The fourth-order valence-corrected chi connectivity index (χ4v) is 3.98. The maximum absolute atomic E-state index is 12.5. The molecule has 4 rings (SSSR count). The minimum atomic E-state index is -1.62. The van der Waals surface area contributed by atoms with E-state index in [1.54, 1.807) is 13.0 Å². The number of benzene rings is 2. The molecule has 2 aromatic carbocycles. The first-order valence-corrected chi connectivity index (χ1v) is 8.95. The molecular formula is C21H23NO4. The fraction of sp³-hybridized carbons (Fsp3) is 0.381. The van der Waals surface area contributed by atoms with Gasteiger partial charge in [-0.15, -0.1) is 0 Å². The van der Waals surface area contributed by atoms with Crippen LogP contribution in [0, 0.1) is 0 Å². The average molecular weight is 353 g/mol. The number of ketones is 1. The molecule has 2 aliphatic heterocycles. The summed E-state index contributed by atoms with van der Waals surface area (Å²) in [6.45, 7) is 2.34. The first-order valence-electron chi connectivity index (χ1n) is 8.95. The number of fused-ring (bicyclic) bond motifs is 4. The average Bonchev–Trinajstić information content (AvgIpc) is 2.64. The highest BCUT2D eigenvalue weighted by molar-refractivity contribution is 5.96. The van der Waals surface area contributed by atoms with Crippen molar-refractivity contribution in [2.24, 2.45) is 0 Å². The molecule has 2 aromatic rings. The molecule has 0 aromatic heterocycles. The lowest BCUT2D eigenvalue weighted by atomic mass is 9.79. The third kappa shape index (κ3) is 2.82. The van der Waals surface area contributed by atoms with Crippen LogP contribution in [0.4, 0.5) is 0 Å². The second-order valence-corrected chi connectivity index (χ2v) is 7.43. The number of hydrogen-bond donors (Lipinski definition) is 2. The molecule has 1 saturated heterocycles. The standard InChI is InChI=1S/C21H23NO4/c1-20(24)14-22(12-11-18(23)15-7-3-2-4-8-15)17-13-21(20,25)26-19-10-6-5-9-16(17)19/h2-10,17,24-25H,11-14H2,1H3. The van der Waals surface area contributed by atoms with Crippen LogP contribution in [0.3, 0.4) is 0 Å². The molecule has 5 heteroatoms. The number of ether oxygens (including phenoxy) is 1. The molecule has 2 heterocycles. The topological polar surface area (TPSA) is 70.0 Å². The van der Waals surface area contributed by atoms with E-state index in [0.717, 1.165) is 5.56 Å². The predicted molar refractivity (Wildman–Crippen MR) is 97.0 cm³/mol. The van der Waals surface area contributed by atoms with Crippen LogP contribution in [-0.2, 0) is 0 Å². The molecule has 1 fully saturated rings. The lowest BCUT2D eigenvalue weighted by molar-refractivity contribution is -0.294. The molecule has 0 aliphatic carbocycles. The second-order valence-electron chi connectivity index (χ2n) is 7.43. The molecule has 26 heavy (non-hydrogen) atoms. The highest BCUT2D eigenvalue weighted by atomic mass is 16.6. The number of β-amino-alcohol motifs (C(OH)–C–C–N with tert-alkyl or cyclic N) is 1. The van der Waals surface area contributed by atoms with E-state index in [9.17, 15) is 15.0 Å². The Morgan fingerprint density at radius 2 is 1.85 bits per heavy atom. The Balaban J connectivity index is 1.58. The van der Waals surface area contributed by atoms with Gasteiger partial charge in [-0.1, -0.05) is 48.5 Å². The maximum Gasteiger partial charge on any atom is 0.239 e. The zero-order valence-electron chi connectivity index (χ0n) is 14.8. The number of para-hydroxylation sites is 1. The van der Waals surface area contributed by atoms with Crippen molar-refractivity contribution in [3.63, 3.8) is 0 Å². The summed E-state index contributed by atoms with van der Waals surface area (Å²) in [5.41, 5.74) is 0.257. The number of likely N-dealkylation sites (tertiary alicyclic amines) is 1. The van der Waals surface area contributed by atoms with Crippen LogP contribution in [0.15, 0.2) is 54.6 Å². The van der Waals surface area contributed by atoms with Crippen molar-refractivity contribution in [3.8, 4) is 5.75 Å². The van der Waals surface area contributed by atoms with Crippen LogP contribution in [0.2, 0.25) is 0 Å². The first-order chi connectivity index (χ1) is 12.4. The molecule has 3 atom stereocenters. The molecule has 0 spiro atoms. The summed E-state index contributed by atoms with van der Waals surface area (Å²) >= 11 is 0. The number of rotatable bonds is 4. The van der Waals surface area contributed by atoms with Crippen molar-refractivity contribution >= 4 is 5.78 Å². The van der Waals surface area contributed by atoms with Gasteiger partial charge in [0.1, 0.15) is 11.4 Å². The van der Waals surface area contributed by atoms with Crippen LogP contribution in [0.5, 0.6) is 5.75 Å². The van der Waals surface area contributed by atoms with E-state index in [1.165, 1.54) is 0 Å². The summed E-state index contributed by atoms with van der Waals surface area (Å²) in [5, 5.41) is 21.7. The number of Topliss-reactive ketones (excluding diaryl/α,β-unsaturated/α-hetero) is 1. The number of carbonyl (C=O) groups is 1. The van der Waals surface area contributed by atoms with Crippen LogP contribution < -0.4 is 4.74 Å². The van der Waals surface area contributed by atoms with E-state index < -0.39 is 11.4 Å². The fourth-order valence-electron chi connectivity index (χ4n) is 3.98. The highest BCUT2D eigenvalue weighted by Gasteiger charge is 2.58. The van der Waals surface area contributed by atoms with Gasteiger partial charge in [0, 0.05) is 43.1 Å². The molecule has 2 aliphatic rings. The Labute approximate surface area is 152 Å². The molecule has 2 N–H and O–H groups in total. The quantitative estimate of drug-likeness (QED) is 0.827.